The number of ketones is 1. The molecule has 0 atom stereocenters. The van der Waals surface area contributed by atoms with Gasteiger partial charge in [-0.2, -0.15) is 0 Å². The number of likely N-dealkylation sites (tertiary alicyclic amines) is 1. The van der Waals surface area contributed by atoms with E-state index in [4.69, 9.17) is 0 Å². The first-order valence-corrected chi connectivity index (χ1v) is 6.30. The second-order valence-electron chi connectivity index (χ2n) is 4.63. The zero-order valence-corrected chi connectivity index (χ0v) is 10.7. The third kappa shape index (κ3) is 3.07. The molecule has 2 rings (SSSR count). The van der Waals surface area contributed by atoms with Crippen molar-refractivity contribution in [2.75, 3.05) is 6.54 Å². The van der Waals surface area contributed by atoms with Crippen LogP contribution < -0.4 is 0 Å². The fourth-order valence-corrected chi connectivity index (χ4v) is 2.08. The van der Waals surface area contributed by atoms with E-state index in [0.717, 1.165) is 17.0 Å². The van der Waals surface area contributed by atoms with Crippen LogP contribution in [0.15, 0.2) is 18.2 Å². The summed E-state index contributed by atoms with van der Waals surface area (Å²) in [7, 11) is 0. The molecule has 6 heteroatoms. The topological polar surface area (TPSA) is 54.5 Å². The molecule has 20 heavy (non-hydrogen) atoms. The van der Waals surface area contributed by atoms with Crippen LogP contribution in [-0.4, -0.2) is 29.0 Å². The predicted molar refractivity (Wildman–Crippen MR) is 65.9 cm³/mol. The van der Waals surface area contributed by atoms with Crippen LogP contribution in [0, 0.1) is 11.6 Å². The lowest BCUT2D eigenvalue weighted by atomic mass is 10.1. The van der Waals surface area contributed by atoms with E-state index in [1.54, 1.807) is 0 Å². The molecule has 0 saturated carbocycles. The van der Waals surface area contributed by atoms with Gasteiger partial charge in [-0.25, -0.2) is 8.78 Å². The Morgan fingerprint density at radius 1 is 1.10 bits per heavy atom. The number of hydrogen-bond acceptors (Lipinski definition) is 3. The Morgan fingerprint density at radius 2 is 1.70 bits per heavy atom. The van der Waals surface area contributed by atoms with Crippen LogP contribution in [0.3, 0.4) is 0 Å². The summed E-state index contributed by atoms with van der Waals surface area (Å²) < 4.78 is 26.3. The molecule has 0 aromatic heterocycles. The molecule has 0 radical (unpaired) electrons. The lowest BCUT2D eigenvalue weighted by molar-refractivity contribution is -0.143. The standard InChI is InChI=1S/C14H13F2NO3/c15-9-5-6-10(11(16)7-9)12(18)8-17-13(19)3-1-2-4-14(17)20/h5-7H,1-4,8H2. The predicted octanol–water partition coefficient (Wildman–Crippen LogP) is 2.08. The van der Waals surface area contributed by atoms with Crippen LogP contribution >= 0.6 is 0 Å². The highest BCUT2D eigenvalue weighted by Crippen LogP contribution is 2.15. The maximum atomic E-state index is 13.5. The SMILES string of the molecule is O=C(CN1C(=O)CCCCC1=O)c1ccc(F)cc1F. The Bertz CT molecular complexity index is 554. The van der Waals surface area contributed by atoms with Crippen LogP contribution in [0.25, 0.3) is 0 Å². The molecule has 0 aliphatic carbocycles. The molecule has 2 amide bonds. The Kier molecular flexibility index (Phi) is 4.22. The van der Waals surface area contributed by atoms with Crippen LogP contribution in [0.5, 0.6) is 0 Å². The molecule has 1 aliphatic heterocycles. The highest BCUT2D eigenvalue weighted by atomic mass is 19.1. The Hall–Kier alpha value is -2.11. The molecule has 1 aromatic rings. The van der Waals surface area contributed by atoms with E-state index in [2.05, 4.69) is 0 Å². The van der Waals surface area contributed by atoms with Gasteiger partial charge in [0.25, 0.3) is 0 Å². The molecule has 0 spiro atoms. The number of carbonyl (C=O) groups excluding carboxylic acids is 3. The van der Waals surface area contributed by atoms with E-state index in [9.17, 15) is 23.2 Å². The molecular weight excluding hydrogens is 268 g/mol. The summed E-state index contributed by atoms with van der Waals surface area (Å²) in [6.07, 6.45) is 1.59. The van der Waals surface area contributed by atoms with Gasteiger partial charge in [0.1, 0.15) is 11.6 Å². The normalized spacial score (nSPS) is 16.2. The van der Waals surface area contributed by atoms with Gasteiger partial charge in [-0.05, 0) is 25.0 Å². The third-order valence-electron chi connectivity index (χ3n) is 3.17. The van der Waals surface area contributed by atoms with E-state index in [1.807, 2.05) is 0 Å². The first-order valence-electron chi connectivity index (χ1n) is 6.30. The highest BCUT2D eigenvalue weighted by Gasteiger charge is 2.27. The lowest BCUT2D eigenvalue weighted by Crippen LogP contribution is -2.39. The van der Waals surface area contributed by atoms with E-state index < -0.39 is 35.8 Å². The van der Waals surface area contributed by atoms with Crippen molar-refractivity contribution in [1.29, 1.82) is 0 Å². The summed E-state index contributed by atoms with van der Waals surface area (Å²) in [5, 5.41) is 0. The summed E-state index contributed by atoms with van der Waals surface area (Å²) in [6, 6.07) is 2.57. The summed E-state index contributed by atoms with van der Waals surface area (Å²) in [5.74, 6) is -3.36. The van der Waals surface area contributed by atoms with Gasteiger partial charge in [-0.3, -0.25) is 19.3 Å². The average Bonchev–Trinajstić information content (AvgIpc) is 2.53. The second-order valence-corrected chi connectivity index (χ2v) is 4.63. The number of halogens is 2. The molecule has 1 heterocycles. The van der Waals surface area contributed by atoms with Crippen molar-refractivity contribution in [1.82, 2.24) is 4.90 Å². The minimum atomic E-state index is -0.996. The molecule has 0 bridgehead atoms. The Labute approximate surface area is 114 Å². The molecule has 4 nitrogen and oxygen atoms in total. The minimum absolute atomic E-state index is 0.199. The van der Waals surface area contributed by atoms with Gasteiger partial charge in [0.2, 0.25) is 11.8 Å². The van der Waals surface area contributed by atoms with Crippen LogP contribution in [-0.2, 0) is 9.59 Å². The third-order valence-corrected chi connectivity index (χ3v) is 3.17. The summed E-state index contributed by atoms with van der Waals surface area (Å²) in [6.45, 7) is -0.500. The van der Waals surface area contributed by atoms with Crippen LogP contribution in [0.1, 0.15) is 36.0 Å². The zero-order chi connectivity index (χ0) is 14.7. The number of Topliss-reactive ketones (excluding diaryl/α,β-unsaturated/α-hetero) is 1. The number of rotatable bonds is 3. The van der Waals surface area contributed by atoms with Gasteiger partial charge in [0, 0.05) is 18.9 Å². The molecule has 0 N–H and O–H groups in total. The number of benzene rings is 1. The number of amides is 2. The number of imide groups is 1. The summed E-state index contributed by atoms with van der Waals surface area (Å²) in [5.41, 5.74) is -0.323. The van der Waals surface area contributed by atoms with Gasteiger partial charge >= 0.3 is 0 Å². The maximum Gasteiger partial charge on any atom is 0.229 e. The number of hydrogen-bond donors (Lipinski definition) is 0. The van der Waals surface area contributed by atoms with E-state index >= 15 is 0 Å². The Balaban J connectivity index is 2.17. The smallest absolute Gasteiger partial charge is 0.229 e. The molecule has 0 unspecified atom stereocenters. The molecule has 1 aromatic carbocycles. The lowest BCUT2D eigenvalue weighted by Gasteiger charge is -2.17. The van der Waals surface area contributed by atoms with Gasteiger partial charge in [0.15, 0.2) is 5.78 Å². The number of nitrogens with zero attached hydrogens (tertiary/aromatic N) is 1. The van der Waals surface area contributed by atoms with E-state index in [1.165, 1.54) is 0 Å². The van der Waals surface area contributed by atoms with Gasteiger partial charge in [-0.1, -0.05) is 0 Å². The molecule has 1 saturated heterocycles. The zero-order valence-electron chi connectivity index (χ0n) is 10.7. The van der Waals surface area contributed by atoms with Gasteiger partial charge < -0.3 is 0 Å². The second kappa shape index (κ2) is 5.90. The minimum Gasteiger partial charge on any atom is -0.292 e. The average molecular weight is 281 g/mol. The number of carbonyl (C=O) groups is 3. The van der Waals surface area contributed by atoms with E-state index in [-0.39, 0.29) is 18.4 Å². The highest BCUT2D eigenvalue weighted by molar-refractivity contribution is 6.04. The fraction of sp³-hybridized carbons (Fsp3) is 0.357. The van der Waals surface area contributed by atoms with Crippen molar-refractivity contribution < 1.29 is 23.2 Å². The maximum absolute atomic E-state index is 13.5. The first-order chi connectivity index (χ1) is 9.49. The summed E-state index contributed by atoms with van der Waals surface area (Å²) in [4.78, 5) is 36.3. The van der Waals surface area contributed by atoms with Gasteiger partial charge in [-0.15, -0.1) is 0 Å². The van der Waals surface area contributed by atoms with Crippen molar-refractivity contribution >= 4 is 17.6 Å². The fourth-order valence-electron chi connectivity index (χ4n) is 2.08. The molecular formula is C14H13F2NO3. The van der Waals surface area contributed by atoms with Crippen molar-refractivity contribution in [3.05, 3.63) is 35.4 Å². The van der Waals surface area contributed by atoms with Crippen molar-refractivity contribution in [2.24, 2.45) is 0 Å². The largest absolute Gasteiger partial charge is 0.292 e. The van der Waals surface area contributed by atoms with Crippen molar-refractivity contribution in [2.45, 2.75) is 25.7 Å². The first kappa shape index (κ1) is 14.3. The quantitative estimate of drug-likeness (QED) is 0.629. The van der Waals surface area contributed by atoms with Gasteiger partial charge in [0.05, 0.1) is 12.1 Å². The van der Waals surface area contributed by atoms with Crippen LogP contribution in [0.4, 0.5) is 8.78 Å². The molecule has 1 fully saturated rings. The monoisotopic (exact) mass is 281 g/mol. The van der Waals surface area contributed by atoms with E-state index in [0.29, 0.717) is 18.9 Å². The van der Waals surface area contributed by atoms with Crippen molar-refractivity contribution in [3.8, 4) is 0 Å². The van der Waals surface area contributed by atoms with Crippen molar-refractivity contribution in [3.63, 3.8) is 0 Å². The molecule has 106 valence electrons. The van der Waals surface area contributed by atoms with Crippen LogP contribution in [0.2, 0.25) is 0 Å². The summed E-state index contributed by atoms with van der Waals surface area (Å²) >= 11 is 0. The Morgan fingerprint density at radius 3 is 2.25 bits per heavy atom. The molecule has 1 aliphatic rings.